The molecule has 0 radical (unpaired) electrons. The normalized spacial score (nSPS) is 12.6. The minimum atomic E-state index is -0.173. The van der Waals surface area contributed by atoms with E-state index in [1.807, 2.05) is 26.2 Å². The maximum atomic E-state index is 14.1. The fourth-order valence-corrected chi connectivity index (χ4v) is 2.24. The van der Waals surface area contributed by atoms with Crippen LogP contribution in [0.15, 0.2) is 24.4 Å². The highest BCUT2D eigenvalue weighted by Gasteiger charge is 2.17. The van der Waals surface area contributed by atoms with Crippen LogP contribution in [0.2, 0.25) is 0 Å². The summed E-state index contributed by atoms with van der Waals surface area (Å²) in [4.78, 5) is 0. The van der Waals surface area contributed by atoms with Crippen molar-refractivity contribution in [1.29, 1.82) is 0 Å². The number of hydrogen-bond acceptors (Lipinski definition) is 3. The van der Waals surface area contributed by atoms with Gasteiger partial charge in [0.2, 0.25) is 0 Å². The largest absolute Gasteiger partial charge is 0.310 e. The average Bonchev–Trinajstić information content (AvgIpc) is 2.83. The molecule has 0 saturated carbocycles. The molecule has 0 saturated heterocycles. The van der Waals surface area contributed by atoms with E-state index in [9.17, 15) is 4.39 Å². The highest BCUT2D eigenvalue weighted by Crippen LogP contribution is 2.22. The quantitative estimate of drug-likeness (QED) is 0.881. The van der Waals surface area contributed by atoms with Crippen LogP contribution in [0.1, 0.15) is 36.2 Å². The first-order valence-corrected chi connectivity index (χ1v) is 6.94. The molecule has 0 spiro atoms. The number of hydrogen-bond donors (Lipinski definition) is 1. The molecule has 0 aliphatic rings. The van der Waals surface area contributed by atoms with E-state index in [1.165, 1.54) is 6.07 Å². The number of aromatic nitrogens is 3. The molecule has 0 bridgehead atoms. The Balaban J connectivity index is 2.24. The van der Waals surface area contributed by atoms with Gasteiger partial charge >= 0.3 is 0 Å². The molecular formula is C15H21FN4. The van der Waals surface area contributed by atoms with Crippen LogP contribution in [0.25, 0.3) is 0 Å². The van der Waals surface area contributed by atoms with Crippen molar-refractivity contribution in [2.75, 3.05) is 6.54 Å². The van der Waals surface area contributed by atoms with Gasteiger partial charge in [0.25, 0.3) is 0 Å². The van der Waals surface area contributed by atoms with Crippen molar-refractivity contribution in [1.82, 2.24) is 20.3 Å². The summed E-state index contributed by atoms with van der Waals surface area (Å²) in [6.45, 7) is 4.92. The molecule has 2 aromatic rings. The van der Waals surface area contributed by atoms with Gasteiger partial charge < -0.3 is 5.32 Å². The molecule has 4 nitrogen and oxygen atoms in total. The minimum Gasteiger partial charge on any atom is -0.310 e. The Hall–Kier alpha value is -1.75. The predicted molar refractivity (Wildman–Crippen MR) is 76.9 cm³/mol. The Bertz CT molecular complexity index is 565. The molecule has 1 atom stereocenters. The second-order valence-corrected chi connectivity index (χ2v) is 5.12. The van der Waals surface area contributed by atoms with Gasteiger partial charge in [0.05, 0.1) is 5.69 Å². The Morgan fingerprint density at radius 2 is 2.20 bits per heavy atom. The third kappa shape index (κ3) is 3.63. The summed E-state index contributed by atoms with van der Waals surface area (Å²) in [7, 11) is 1.83. The number of halogens is 1. The van der Waals surface area contributed by atoms with E-state index in [0.29, 0.717) is 12.0 Å². The first-order chi connectivity index (χ1) is 9.60. The number of aryl methyl sites for hydroxylation is 2. The summed E-state index contributed by atoms with van der Waals surface area (Å²) in [5.74, 6) is -0.173. The lowest BCUT2D eigenvalue weighted by atomic mass is 9.99. The van der Waals surface area contributed by atoms with Crippen molar-refractivity contribution in [3.05, 3.63) is 47.0 Å². The third-order valence-electron chi connectivity index (χ3n) is 3.23. The van der Waals surface area contributed by atoms with Gasteiger partial charge in [-0.3, -0.25) is 4.68 Å². The van der Waals surface area contributed by atoms with E-state index < -0.39 is 0 Å². The summed E-state index contributed by atoms with van der Waals surface area (Å²) in [5.41, 5.74) is 2.62. The zero-order chi connectivity index (χ0) is 14.5. The van der Waals surface area contributed by atoms with Crippen molar-refractivity contribution >= 4 is 0 Å². The van der Waals surface area contributed by atoms with Crippen LogP contribution in [0.3, 0.4) is 0 Å². The summed E-state index contributed by atoms with van der Waals surface area (Å²) in [6.07, 6.45) is 3.51. The summed E-state index contributed by atoms with van der Waals surface area (Å²) >= 11 is 0. The molecule has 1 aromatic carbocycles. The second-order valence-electron chi connectivity index (χ2n) is 5.12. The second kappa shape index (κ2) is 6.61. The molecule has 0 amide bonds. The Kier molecular flexibility index (Phi) is 4.84. The Morgan fingerprint density at radius 3 is 2.85 bits per heavy atom. The Morgan fingerprint density at radius 1 is 1.40 bits per heavy atom. The van der Waals surface area contributed by atoms with Crippen LogP contribution >= 0.6 is 0 Å². The summed E-state index contributed by atoms with van der Waals surface area (Å²) in [5, 5.41) is 11.4. The van der Waals surface area contributed by atoms with E-state index in [4.69, 9.17) is 0 Å². The smallest absolute Gasteiger partial charge is 0.128 e. The molecular weight excluding hydrogens is 255 g/mol. The Labute approximate surface area is 119 Å². The van der Waals surface area contributed by atoms with Crippen LogP contribution in [0, 0.1) is 12.7 Å². The van der Waals surface area contributed by atoms with Gasteiger partial charge in [0.15, 0.2) is 0 Å². The van der Waals surface area contributed by atoms with Crippen molar-refractivity contribution in [3.8, 4) is 0 Å². The lowest BCUT2D eigenvalue weighted by molar-refractivity contribution is 0.493. The summed E-state index contributed by atoms with van der Waals surface area (Å²) in [6, 6.07) is 5.14. The van der Waals surface area contributed by atoms with Gasteiger partial charge in [-0.25, -0.2) is 4.39 Å². The summed E-state index contributed by atoms with van der Waals surface area (Å²) < 4.78 is 15.7. The first kappa shape index (κ1) is 14.7. The molecule has 5 heteroatoms. The van der Waals surface area contributed by atoms with Crippen molar-refractivity contribution in [2.45, 2.75) is 32.7 Å². The van der Waals surface area contributed by atoms with E-state index in [0.717, 1.165) is 24.2 Å². The van der Waals surface area contributed by atoms with E-state index in [1.54, 1.807) is 10.7 Å². The zero-order valence-electron chi connectivity index (χ0n) is 12.2. The van der Waals surface area contributed by atoms with Gasteiger partial charge in [-0.05, 0) is 26.0 Å². The molecule has 2 rings (SSSR count). The van der Waals surface area contributed by atoms with Crippen LogP contribution in [0.4, 0.5) is 4.39 Å². The lowest BCUT2D eigenvalue weighted by Crippen LogP contribution is -2.25. The number of nitrogens with one attached hydrogen (secondary N) is 1. The molecule has 1 aromatic heterocycles. The van der Waals surface area contributed by atoms with Crippen LogP contribution < -0.4 is 5.32 Å². The number of rotatable bonds is 6. The molecule has 1 heterocycles. The van der Waals surface area contributed by atoms with Crippen molar-refractivity contribution in [2.24, 2.45) is 7.05 Å². The SMILES string of the molecule is CCCNC(Cc1cn(C)nn1)c1cc(C)ccc1F. The third-order valence-corrected chi connectivity index (χ3v) is 3.23. The fraction of sp³-hybridized carbons (Fsp3) is 0.467. The van der Waals surface area contributed by atoms with Gasteiger partial charge in [0.1, 0.15) is 5.82 Å². The average molecular weight is 276 g/mol. The monoisotopic (exact) mass is 276 g/mol. The molecule has 0 fully saturated rings. The van der Waals surface area contributed by atoms with Crippen molar-refractivity contribution in [3.63, 3.8) is 0 Å². The first-order valence-electron chi connectivity index (χ1n) is 6.94. The maximum absolute atomic E-state index is 14.1. The zero-order valence-corrected chi connectivity index (χ0v) is 12.2. The number of benzene rings is 1. The minimum absolute atomic E-state index is 0.0773. The predicted octanol–water partition coefficient (Wildman–Crippen LogP) is 2.55. The topological polar surface area (TPSA) is 42.7 Å². The molecule has 1 unspecified atom stereocenters. The van der Waals surface area contributed by atoms with E-state index >= 15 is 0 Å². The van der Waals surface area contributed by atoms with E-state index in [2.05, 4.69) is 22.6 Å². The van der Waals surface area contributed by atoms with Gasteiger partial charge in [-0.15, -0.1) is 5.10 Å². The van der Waals surface area contributed by atoms with E-state index in [-0.39, 0.29) is 11.9 Å². The van der Waals surface area contributed by atoms with Gasteiger partial charge in [-0.1, -0.05) is 29.8 Å². The molecule has 0 aliphatic heterocycles. The molecule has 0 aliphatic carbocycles. The number of nitrogens with zero attached hydrogens (tertiary/aromatic N) is 3. The van der Waals surface area contributed by atoms with Crippen LogP contribution in [0.5, 0.6) is 0 Å². The molecule has 1 N–H and O–H groups in total. The van der Waals surface area contributed by atoms with Crippen molar-refractivity contribution < 1.29 is 4.39 Å². The molecule has 108 valence electrons. The lowest BCUT2D eigenvalue weighted by Gasteiger charge is -2.19. The van der Waals surface area contributed by atoms with Crippen LogP contribution in [-0.2, 0) is 13.5 Å². The van der Waals surface area contributed by atoms with Gasteiger partial charge in [0, 0.05) is 31.3 Å². The standard InChI is InChI=1S/C15H21FN4/c1-4-7-17-15(9-12-10-20(3)19-18-12)13-8-11(2)5-6-14(13)16/h5-6,8,10,15,17H,4,7,9H2,1-3H3. The van der Waals surface area contributed by atoms with Gasteiger partial charge in [-0.2, -0.15) is 0 Å². The maximum Gasteiger partial charge on any atom is 0.128 e. The highest BCUT2D eigenvalue weighted by molar-refractivity contribution is 5.27. The van der Waals surface area contributed by atoms with Crippen LogP contribution in [-0.4, -0.2) is 21.5 Å². The molecule has 20 heavy (non-hydrogen) atoms. The fourth-order valence-electron chi connectivity index (χ4n) is 2.24. The highest BCUT2D eigenvalue weighted by atomic mass is 19.1.